The van der Waals surface area contributed by atoms with Gasteiger partial charge in [-0.15, -0.1) is 23.1 Å². The Labute approximate surface area is 182 Å². The maximum Gasteiger partial charge on any atom is 0.230 e. The first kappa shape index (κ1) is 20.5. The van der Waals surface area contributed by atoms with Crippen LogP contribution in [0.25, 0.3) is 6.08 Å². The first-order valence-corrected chi connectivity index (χ1v) is 11.2. The molecule has 0 fully saturated rings. The Hall–Kier alpha value is -2.77. The van der Waals surface area contributed by atoms with E-state index >= 15 is 0 Å². The second-order valence-electron chi connectivity index (χ2n) is 7.05. The Bertz CT molecular complexity index is 1180. The standard InChI is InChI=1S/C23H19FN2O2S2/c1-13-6-4-7-14(2)20(13)26(15(3)27)23-25-17(12-30-23)10-16-11-29-22-18(21(16)28)8-5-9-19(22)24/h4-10,12H,11H2,1-3H3/b16-10+. The molecule has 1 aliphatic heterocycles. The number of thiazole rings is 1. The normalized spacial score (nSPS) is 14.7. The molecule has 2 aromatic carbocycles. The number of hydrogen-bond donors (Lipinski definition) is 0. The number of rotatable bonds is 3. The fraction of sp³-hybridized carbons (Fsp3) is 0.174. The Morgan fingerprint density at radius 3 is 2.57 bits per heavy atom. The van der Waals surface area contributed by atoms with Crippen LogP contribution in [0.3, 0.4) is 0 Å². The van der Waals surface area contributed by atoms with E-state index in [1.165, 1.54) is 36.1 Å². The lowest BCUT2D eigenvalue weighted by atomic mass is 10.0. The first-order valence-electron chi connectivity index (χ1n) is 9.36. The summed E-state index contributed by atoms with van der Waals surface area (Å²) in [6, 6.07) is 10.4. The average molecular weight is 439 g/mol. The Kier molecular flexibility index (Phi) is 5.58. The smallest absolute Gasteiger partial charge is 0.230 e. The van der Waals surface area contributed by atoms with Gasteiger partial charge in [-0.3, -0.25) is 14.5 Å². The molecule has 1 aliphatic rings. The summed E-state index contributed by atoms with van der Waals surface area (Å²) in [7, 11) is 0. The quantitative estimate of drug-likeness (QED) is 0.474. The molecule has 0 radical (unpaired) electrons. The number of fused-ring (bicyclic) bond motifs is 1. The van der Waals surface area contributed by atoms with E-state index in [2.05, 4.69) is 4.98 Å². The Morgan fingerprint density at radius 1 is 1.17 bits per heavy atom. The van der Waals surface area contributed by atoms with Gasteiger partial charge in [0.25, 0.3) is 0 Å². The second kappa shape index (κ2) is 8.16. The molecule has 2 heterocycles. The van der Waals surface area contributed by atoms with Crippen molar-refractivity contribution in [2.45, 2.75) is 25.7 Å². The number of aromatic nitrogens is 1. The van der Waals surface area contributed by atoms with E-state index in [0.29, 0.717) is 32.6 Å². The third kappa shape index (κ3) is 3.70. The summed E-state index contributed by atoms with van der Waals surface area (Å²) in [6.07, 6.45) is 1.73. The van der Waals surface area contributed by atoms with Crippen LogP contribution >= 0.6 is 23.1 Å². The average Bonchev–Trinajstić information content (AvgIpc) is 3.15. The number of anilines is 2. The molecule has 0 spiro atoms. The highest BCUT2D eigenvalue weighted by Crippen LogP contribution is 2.37. The predicted octanol–water partition coefficient (Wildman–Crippen LogP) is 5.96. The van der Waals surface area contributed by atoms with Crippen molar-refractivity contribution in [3.05, 3.63) is 75.6 Å². The van der Waals surface area contributed by atoms with Gasteiger partial charge in [0.1, 0.15) is 5.82 Å². The molecule has 4 nitrogen and oxygen atoms in total. The lowest BCUT2D eigenvalue weighted by Gasteiger charge is -2.22. The first-order chi connectivity index (χ1) is 14.4. The Balaban J connectivity index is 1.69. The van der Waals surface area contributed by atoms with E-state index in [1.807, 2.05) is 37.4 Å². The van der Waals surface area contributed by atoms with Crippen LogP contribution in [0.2, 0.25) is 0 Å². The van der Waals surface area contributed by atoms with Gasteiger partial charge >= 0.3 is 0 Å². The van der Waals surface area contributed by atoms with Gasteiger partial charge in [0.05, 0.1) is 16.3 Å². The SMILES string of the molecule is CC(=O)N(c1nc(/C=C2\CSc3c(F)cccc3C2=O)cs1)c1c(C)cccc1C. The zero-order valence-corrected chi connectivity index (χ0v) is 18.4. The van der Waals surface area contributed by atoms with Crippen LogP contribution in [-0.2, 0) is 4.79 Å². The number of amides is 1. The van der Waals surface area contributed by atoms with Crippen molar-refractivity contribution < 1.29 is 14.0 Å². The molecule has 0 aliphatic carbocycles. The molecule has 0 N–H and O–H groups in total. The minimum Gasteiger partial charge on any atom is -0.289 e. The number of carbonyl (C=O) groups excluding carboxylic acids is 2. The van der Waals surface area contributed by atoms with Gasteiger partial charge in [-0.05, 0) is 43.2 Å². The largest absolute Gasteiger partial charge is 0.289 e. The molecule has 0 unspecified atom stereocenters. The summed E-state index contributed by atoms with van der Waals surface area (Å²) in [5.74, 6) is -0.301. The Morgan fingerprint density at radius 2 is 1.87 bits per heavy atom. The third-order valence-corrected chi connectivity index (χ3v) is 6.88. The number of ketones is 1. The number of aryl methyl sites for hydroxylation is 2. The fourth-order valence-corrected chi connectivity index (χ4v) is 5.37. The minimum atomic E-state index is -0.369. The number of benzene rings is 2. The van der Waals surface area contributed by atoms with Gasteiger partial charge in [0.15, 0.2) is 10.9 Å². The zero-order chi connectivity index (χ0) is 21.4. The van der Waals surface area contributed by atoms with Crippen LogP contribution < -0.4 is 4.90 Å². The summed E-state index contributed by atoms with van der Waals surface area (Å²) in [4.78, 5) is 31.9. The van der Waals surface area contributed by atoms with Crippen LogP contribution in [0.1, 0.15) is 34.1 Å². The van der Waals surface area contributed by atoms with E-state index < -0.39 is 0 Å². The fourth-order valence-electron chi connectivity index (χ4n) is 3.50. The van der Waals surface area contributed by atoms with Gasteiger partial charge in [0.2, 0.25) is 5.91 Å². The van der Waals surface area contributed by atoms with E-state index in [4.69, 9.17) is 0 Å². The van der Waals surface area contributed by atoms with Gasteiger partial charge in [-0.25, -0.2) is 9.37 Å². The van der Waals surface area contributed by atoms with E-state index in [0.717, 1.165) is 16.8 Å². The van der Waals surface area contributed by atoms with Gasteiger partial charge in [0, 0.05) is 29.2 Å². The minimum absolute atomic E-state index is 0.130. The number of nitrogens with zero attached hydrogens (tertiary/aromatic N) is 2. The monoisotopic (exact) mass is 438 g/mol. The highest BCUT2D eigenvalue weighted by molar-refractivity contribution is 7.99. The lowest BCUT2D eigenvalue weighted by Crippen LogP contribution is -2.24. The zero-order valence-electron chi connectivity index (χ0n) is 16.7. The maximum absolute atomic E-state index is 14.0. The summed E-state index contributed by atoms with van der Waals surface area (Å²) in [6.45, 7) is 5.44. The molecule has 152 valence electrons. The molecule has 4 rings (SSSR count). The summed E-state index contributed by atoms with van der Waals surface area (Å²) in [5, 5.41) is 2.37. The number of para-hydroxylation sites is 1. The van der Waals surface area contributed by atoms with Crippen molar-refractivity contribution in [3.63, 3.8) is 0 Å². The number of hydrogen-bond acceptors (Lipinski definition) is 5. The molecule has 0 atom stereocenters. The predicted molar refractivity (Wildman–Crippen MR) is 120 cm³/mol. The lowest BCUT2D eigenvalue weighted by molar-refractivity contribution is -0.115. The van der Waals surface area contributed by atoms with E-state index in [-0.39, 0.29) is 17.5 Å². The van der Waals surface area contributed by atoms with Crippen LogP contribution in [0, 0.1) is 19.7 Å². The molecule has 30 heavy (non-hydrogen) atoms. The number of carbonyl (C=O) groups is 2. The van der Waals surface area contributed by atoms with Crippen molar-refractivity contribution in [3.8, 4) is 0 Å². The van der Waals surface area contributed by atoms with Gasteiger partial charge in [-0.2, -0.15) is 0 Å². The van der Waals surface area contributed by atoms with Crippen LogP contribution in [0.5, 0.6) is 0 Å². The molecule has 1 amide bonds. The maximum atomic E-state index is 14.0. The highest BCUT2D eigenvalue weighted by Gasteiger charge is 2.26. The van der Waals surface area contributed by atoms with Crippen molar-refractivity contribution >= 4 is 51.7 Å². The van der Waals surface area contributed by atoms with Crippen LogP contribution in [0.4, 0.5) is 15.2 Å². The third-order valence-electron chi connectivity index (χ3n) is 4.88. The van der Waals surface area contributed by atoms with Crippen LogP contribution in [-0.4, -0.2) is 22.4 Å². The molecule has 0 saturated carbocycles. The number of thioether (sulfide) groups is 1. The molecule has 0 saturated heterocycles. The van der Waals surface area contributed by atoms with E-state index in [9.17, 15) is 14.0 Å². The topological polar surface area (TPSA) is 50.3 Å². The van der Waals surface area contributed by atoms with Crippen molar-refractivity contribution in [2.24, 2.45) is 0 Å². The number of Topliss-reactive ketones (excluding diaryl/α,β-unsaturated/α-hetero) is 1. The van der Waals surface area contributed by atoms with Gasteiger partial charge in [-0.1, -0.05) is 24.3 Å². The molecular weight excluding hydrogens is 419 g/mol. The van der Waals surface area contributed by atoms with Crippen LogP contribution in [0.15, 0.2) is 52.2 Å². The molecule has 7 heteroatoms. The molecule has 1 aromatic heterocycles. The molecule has 0 bridgehead atoms. The number of halogens is 1. The van der Waals surface area contributed by atoms with Crippen molar-refractivity contribution in [2.75, 3.05) is 10.7 Å². The summed E-state index contributed by atoms with van der Waals surface area (Å²) >= 11 is 2.66. The summed E-state index contributed by atoms with van der Waals surface area (Å²) < 4.78 is 14.0. The highest BCUT2D eigenvalue weighted by atomic mass is 32.2. The van der Waals surface area contributed by atoms with E-state index in [1.54, 1.807) is 23.1 Å². The van der Waals surface area contributed by atoms with Crippen molar-refractivity contribution in [1.29, 1.82) is 0 Å². The van der Waals surface area contributed by atoms with Crippen molar-refractivity contribution in [1.82, 2.24) is 4.98 Å². The molecule has 3 aromatic rings. The summed E-state index contributed by atoms with van der Waals surface area (Å²) in [5.41, 5.74) is 4.35. The van der Waals surface area contributed by atoms with Gasteiger partial charge < -0.3 is 0 Å². The second-order valence-corrected chi connectivity index (χ2v) is 8.88. The molecular formula is C23H19FN2O2S2.